The first-order valence-electron chi connectivity index (χ1n) is 4.47. The van der Waals surface area contributed by atoms with Crippen molar-refractivity contribution in [3.8, 4) is 0 Å². The van der Waals surface area contributed by atoms with Crippen molar-refractivity contribution in [3.63, 3.8) is 0 Å². The second kappa shape index (κ2) is 6.16. The van der Waals surface area contributed by atoms with E-state index in [0.29, 0.717) is 11.8 Å². The number of nitrogens with two attached hydrogens (primary N) is 1. The Balaban J connectivity index is 0.000000364. The number of carbonyl (C=O) groups is 1. The third-order valence-corrected chi connectivity index (χ3v) is 1.71. The fourth-order valence-corrected chi connectivity index (χ4v) is 0.938. The van der Waals surface area contributed by atoms with E-state index in [2.05, 4.69) is 56.9 Å². The van der Waals surface area contributed by atoms with Crippen LogP contribution in [0.2, 0.25) is 0 Å². The molecule has 0 atom stereocenters. The predicted molar refractivity (Wildman–Crippen MR) is 58.5 cm³/mol. The van der Waals surface area contributed by atoms with Gasteiger partial charge in [-0.15, -0.1) is 0 Å². The molecule has 0 aliphatic heterocycles. The first-order chi connectivity index (χ1) is 6.52. The molecule has 1 aromatic rings. The number of nitrogens with one attached hydrogen (secondary N) is 1. The van der Waals surface area contributed by atoms with Crippen molar-refractivity contribution in [2.45, 2.75) is 26.2 Å². The minimum atomic E-state index is 0.293. The molecule has 0 saturated heterocycles. The molecule has 0 saturated carbocycles. The number of carbonyl (C=O) groups excluding carboxylic acids is 1. The number of rotatable bonds is 1. The SMILES string of the molecule is CC(C)(C)c1ccccc1.NNC=O. The van der Waals surface area contributed by atoms with Crippen molar-refractivity contribution >= 4 is 6.41 Å². The first-order valence-corrected chi connectivity index (χ1v) is 4.47. The molecule has 1 aromatic carbocycles. The Morgan fingerprint density at radius 3 is 1.86 bits per heavy atom. The lowest BCUT2D eigenvalue weighted by atomic mass is 9.87. The zero-order valence-corrected chi connectivity index (χ0v) is 8.95. The molecular weight excluding hydrogens is 176 g/mol. The largest absolute Gasteiger partial charge is 0.297 e. The molecule has 0 aliphatic rings. The average Bonchev–Trinajstić information content (AvgIpc) is 2.18. The number of hydrogen-bond donors (Lipinski definition) is 2. The summed E-state index contributed by atoms with van der Waals surface area (Å²) in [6, 6.07) is 10.6. The van der Waals surface area contributed by atoms with Gasteiger partial charge in [-0.3, -0.25) is 10.2 Å². The number of amides is 1. The van der Waals surface area contributed by atoms with Gasteiger partial charge in [-0.1, -0.05) is 51.1 Å². The van der Waals surface area contributed by atoms with Gasteiger partial charge in [0.1, 0.15) is 0 Å². The van der Waals surface area contributed by atoms with Crippen LogP contribution >= 0.6 is 0 Å². The summed E-state index contributed by atoms with van der Waals surface area (Å²) >= 11 is 0. The van der Waals surface area contributed by atoms with E-state index in [0.717, 1.165) is 0 Å². The fourth-order valence-electron chi connectivity index (χ4n) is 0.938. The number of benzene rings is 1. The second-order valence-electron chi connectivity index (χ2n) is 3.90. The maximum Gasteiger partial charge on any atom is 0.221 e. The Kier molecular flexibility index (Phi) is 5.56. The molecule has 1 amide bonds. The van der Waals surface area contributed by atoms with E-state index in [-0.39, 0.29) is 0 Å². The number of hydrogen-bond acceptors (Lipinski definition) is 2. The molecule has 78 valence electrons. The summed E-state index contributed by atoms with van der Waals surface area (Å²) in [7, 11) is 0. The van der Waals surface area contributed by atoms with Crippen molar-refractivity contribution < 1.29 is 4.79 Å². The van der Waals surface area contributed by atoms with E-state index in [1.165, 1.54) is 5.56 Å². The van der Waals surface area contributed by atoms with Crippen molar-refractivity contribution in [1.29, 1.82) is 0 Å². The highest BCUT2D eigenvalue weighted by molar-refractivity contribution is 5.44. The zero-order valence-electron chi connectivity index (χ0n) is 8.95. The van der Waals surface area contributed by atoms with Crippen LogP contribution in [0.3, 0.4) is 0 Å². The lowest BCUT2D eigenvalue weighted by molar-refractivity contribution is -0.109. The summed E-state index contributed by atoms with van der Waals surface area (Å²) in [6.45, 7) is 6.67. The Bertz CT molecular complexity index is 252. The van der Waals surface area contributed by atoms with Crippen LogP contribution in [-0.4, -0.2) is 6.41 Å². The number of hydrazine groups is 1. The van der Waals surface area contributed by atoms with Crippen LogP contribution in [0.15, 0.2) is 30.3 Å². The molecule has 0 radical (unpaired) electrons. The zero-order chi connectivity index (χ0) is 11.0. The van der Waals surface area contributed by atoms with Crippen LogP contribution in [0.4, 0.5) is 0 Å². The van der Waals surface area contributed by atoms with Crippen molar-refractivity contribution in [2.75, 3.05) is 0 Å². The summed E-state index contributed by atoms with van der Waals surface area (Å²) in [5, 5.41) is 0. The van der Waals surface area contributed by atoms with Crippen LogP contribution in [0.5, 0.6) is 0 Å². The molecule has 0 bridgehead atoms. The Hall–Kier alpha value is -1.35. The van der Waals surface area contributed by atoms with E-state index in [4.69, 9.17) is 4.79 Å². The first kappa shape index (κ1) is 12.7. The van der Waals surface area contributed by atoms with Crippen LogP contribution in [0.1, 0.15) is 26.3 Å². The normalized spacial score (nSPS) is 9.71. The molecule has 1 rings (SSSR count). The Morgan fingerprint density at radius 1 is 1.21 bits per heavy atom. The van der Waals surface area contributed by atoms with Gasteiger partial charge in [0.25, 0.3) is 0 Å². The van der Waals surface area contributed by atoms with Crippen molar-refractivity contribution in [1.82, 2.24) is 5.43 Å². The van der Waals surface area contributed by atoms with Gasteiger partial charge in [-0.2, -0.15) is 0 Å². The van der Waals surface area contributed by atoms with E-state index >= 15 is 0 Å². The highest BCUT2D eigenvalue weighted by atomic mass is 16.1. The Morgan fingerprint density at radius 2 is 1.64 bits per heavy atom. The highest BCUT2D eigenvalue weighted by Crippen LogP contribution is 2.20. The third kappa shape index (κ3) is 5.32. The molecule has 0 aromatic heterocycles. The summed E-state index contributed by atoms with van der Waals surface area (Å²) in [6.07, 6.45) is 0.403. The van der Waals surface area contributed by atoms with Gasteiger partial charge in [-0.05, 0) is 11.0 Å². The maximum absolute atomic E-state index is 8.94. The molecular formula is C11H18N2O. The van der Waals surface area contributed by atoms with E-state index < -0.39 is 0 Å². The van der Waals surface area contributed by atoms with E-state index in [1.54, 1.807) is 5.43 Å². The summed E-state index contributed by atoms with van der Waals surface area (Å²) in [5.41, 5.74) is 3.44. The minimum Gasteiger partial charge on any atom is -0.297 e. The van der Waals surface area contributed by atoms with Crippen LogP contribution < -0.4 is 11.3 Å². The topological polar surface area (TPSA) is 55.1 Å². The second-order valence-corrected chi connectivity index (χ2v) is 3.90. The standard InChI is InChI=1S/C10H14.CH4N2O/c1-10(2,3)9-7-5-4-6-8-9;2-3-1-4/h4-8H,1-3H3;1H,2H2,(H,3,4). The van der Waals surface area contributed by atoms with Crippen molar-refractivity contribution in [2.24, 2.45) is 5.84 Å². The quantitative estimate of drug-likeness (QED) is 0.309. The van der Waals surface area contributed by atoms with Gasteiger partial charge in [-0.25, -0.2) is 5.84 Å². The molecule has 0 spiro atoms. The van der Waals surface area contributed by atoms with Crippen LogP contribution in [0, 0.1) is 0 Å². The molecule has 3 N–H and O–H groups in total. The lowest BCUT2D eigenvalue weighted by Crippen LogP contribution is -2.18. The van der Waals surface area contributed by atoms with Crippen LogP contribution in [-0.2, 0) is 10.2 Å². The molecule has 3 heteroatoms. The highest BCUT2D eigenvalue weighted by Gasteiger charge is 2.11. The summed E-state index contributed by atoms with van der Waals surface area (Å²) in [5.74, 6) is 4.41. The lowest BCUT2D eigenvalue weighted by Gasteiger charge is -2.18. The van der Waals surface area contributed by atoms with E-state index in [1.807, 2.05) is 0 Å². The smallest absolute Gasteiger partial charge is 0.221 e. The predicted octanol–water partition coefficient (Wildman–Crippen LogP) is 1.59. The van der Waals surface area contributed by atoms with Gasteiger partial charge < -0.3 is 0 Å². The maximum atomic E-state index is 8.94. The van der Waals surface area contributed by atoms with Gasteiger partial charge in [0.15, 0.2) is 0 Å². The van der Waals surface area contributed by atoms with Crippen LogP contribution in [0.25, 0.3) is 0 Å². The molecule has 0 unspecified atom stereocenters. The summed E-state index contributed by atoms with van der Waals surface area (Å²) in [4.78, 5) is 8.94. The van der Waals surface area contributed by atoms with E-state index in [9.17, 15) is 0 Å². The third-order valence-electron chi connectivity index (χ3n) is 1.71. The monoisotopic (exact) mass is 194 g/mol. The van der Waals surface area contributed by atoms with Crippen molar-refractivity contribution in [3.05, 3.63) is 35.9 Å². The van der Waals surface area contributed by atoms with Gasteiger partial charge in [0.2, 0.25) is 6.41 Å². The van der Waals surface area contributed by atoms with Gasteiger partial charge >= 0.3 is 0 Å². The van der Waals surface area contributed by atoms with Gasteiger partial charge in [0.05, 0.1) is 0 Å². The fraction of sp³-hybridized carbons (Fsp3) is 0.364. The molecule has 0 heterocycles. The van der Waals surface area contributed by atoms with Gasteiger partial charge in [0, 0.05) is 0 Å². The molecule has 0 aliphatic carbocycles. The molecule has 3 nitrogen and oxygen atoms in total. The Labute approximate surface area is 85.3 Å². The molecule has 0 fully saturated rings. The molecule has 14 heavy (non-hydrogen) atoms. The minimum absolute atomic E-state index is 0.293. The average molecular weight is 194 g/mol. The summed E-state index contributed by atoms with van der Waals surface area (Å²) < 4.78 is 0.